The number of carbonyl (C=O) groups excluding carboxylic acids is 1. The molecule has 1 fully saturated rings. The number of halogens is 1. The molecule has 2 aromatic carbocycles. The third kappa shape index (κ3) is 2.69. The Labute approximate surface area is 150 Å². The molecular formula is C17H13BrN2OS2. The first-order valence-corrected chi connectivity index (χ1v) is 9.78. The fourth-order valence-corrected chi connectivity index (χ4v) is 5.40. The number of anilines is 1. The number of amides is 1. The van der Waals surface area contributed by atoms with Crippen molar-refractivity contribution in [3.05, 3.63) is 58.6 Å². The van der Waals surface area contributed by atoms with Gasteiger partial charge in [0.1, 0.15) is 5.37 Å². The van der Waals surface area contributed by atoms with Gasteiger partial charge in [0, 0.05) is 4.47 Å². The van der Waals surface area contributed by atoms with Crippen LogP contribution in [0, 0.1) is 0 Å². The van der Waals surface area contributed by atoms with Crippen molar-refractivity contribution in [2.45, 2.75) is 17.5 Å². The van der Waals surface area contributed by atoms with E-state index in [2.05, 4.69) is 33.0 Å². The molecule has 23 heavy (non-hydrogen) atoms. The summed E-state index contributed by atoms with van der Waals surface area (Å²) in [6.07, 6.45) is 0. The normalized spacial score (nSPS) is 21.3. The lowest BCUT2D eigenvalue weighted by Crippen LogP contribution is -2.29. The van der Waals surface area contributed by atoms with Gasteiger partial charge in [0.05, 0.1) is 15.5 Å². The minimum Gasteiger partial charge on any atom is -0.273 e. The van der Waals surface area contributed by atoms with Crippen LogP contribution in [-0.4, -0.2) is 16.1 Å². The summed E-state index contributed by atoms with van der Waals surface area (Å²) in [7, 11) is 0. The van der Waals surface area contributed by atoms with Gasteiger partial charge in [-0.25, -0.2) is 4.98 Å². The zero-order valence-electron chi connectivity index (χ0n) is 12.3. The molecule has 116 valence electrons. The van der Waals surface area contributed by atoms with E-state index in [0.717, 1.165) is 25.4 Å². The topological polar surface area (TPSA) is 33.2 Å². The predicted octanol–water partition coefficient (Wildman–Crippen LogP) is 5.23. The van der Waals surface area contributed by atoms with E-state index in [-0.39, 0.29) is 16.5 Å². The number of hydrogen-bond donors (Lipinski definition) is 0. The molecule has 0 N–H and O–H groups in total. The van der Waals surface area contributed by atoms with Crippen molar-refractivity contribution < 1.29 is 4.79 Å². The van der Waals surface area contributed by atoms with Crippen LogP contribution in [0.4, 0.5) is 5.13 Å². The number of fused-ring (bicyclic) bond motifs is 1. The van der Waals surface area contributed by atoms with Gasteiger partial charge < -0.3 is 0 Å². The first kappa shape index (κ1) is 15.2. The summed E-state index contributed by atoms with van der Waals surface area (Å²) < 4.78 is 2.12. The SMILES string of the molecule is C[C@H]1S[C@H](c2cccc(Br)c2)N(c2nc3ccccc3s2)C1=O. The summed E-state index contributed by atoms with van der Waals surface area (Å²) in [5, 5.41) is 0.680. The number of carbonyl (C=O) groups is 1. The molecule has 2 atom stereocenters. The number of thiazole rings is 1. The van der Waals surface area contributed by atoms with Crippen molar-refractivity contribution in [2.24, 2.45) is 0 Å². The van der Waals surface area contributed by atoms with Gasteiger partial charge in [-0.1, -0.05) is 51.5 Å². The van der Waals surface area contributed by atoms with Crippen molar-refractivity contribution >= 4 is 60.3 Å². The van der Waals surface area contributed by atoms with Crippen molar-refractivity contribution in [3.63, 3.8) is 0 Å². The fourth-order valence-electron chi connectivity index (χ4n) is 2.67. The average molecular weight is 405 g/mol. The molecular weight excluding hydrogens is 392 g/mol. The third-order valence-electron chi connectivity index (χ3n) is 3.78. The van der Waals surface area contributed by atoms with Crippen LogP contribution in [0.15, 0.2) is 53.0 Å². The number of rotatable bonds is 2. The highest BCUT2D eigenvalue weighted by Crippen LogP contribution is 2.47. The number of nitrogens with zero attached hydrogens (tertiary/aromatic N) is 2. The second kappa shape index (κ2) is 5.92. The lowest BCUT2D eigenvalue weighted by Gasteiger charge is -2.21. The zero-order valence-corrected chi connectivity index (χ0v) is 15.5. The third-order valence-corrected chi connectivity index (χ3v) is 6.65. The summed E-state index contributed by atoms with van der Waals surface area (Å²) in [6.45, 7) is 1.96. The van der Waals surface area contributed by atoms with E-state index in [9.17, 15) is 4.79 Å². The molecule has 0 radical (unpaired) electrons. The van der Waals surface area contributed by atoms with Crippen molar-refractivity contribution in [2.75, 3.05) is 4.90 Å². The van der Waals surface area contributed by atoms with E-state index < -0.39 is 0 Å². The van der Waals surface area contributed by atoms with Crippen molar-refractivity contribution in [1.29, 1.82) is 0 Å². The lowest BCUT2D eigenvalue weighted by atomic mass is 10.2. The van der Waals surface area contributed by atoms with Crippen LogP contribution < -0.4 is 4.90 Å². The van der Waals surface area contributed by atoms with Gasteiger partial charge in [-0.3, -0.25) is 9.69 Å². The van der Waals surface area contributed by atoms with E-state index >= 15 is 0 Å². The molecule has 0 saturated carbocycles. The maximum Gasteiger partial charge on any atom is 0.242 e. The highest BCUT2D eigenvalue weighted by atomic mass is 79.9. The van der Waals surface area contributed by atoms with E-state index in [0.29, 0.717) is 0 Å². The fraction of sp³-hybridized carbons (Fsp3) is 0.176. The molecule has 1 saturated heterocycles. The number of aromatic nitrogens is 1. The van der Waals surface area contributed by atoms with Gasteiger partial charge in [-0.15, -0.1) is 11.8 Å². The Morgan fingerprint density at radius 2 is 2.00 bits per heavy atom. The number of thioether (sulfide) groups is 1. The van der Waals surface area contributed by atoms with Crippen LogP contribution in [0.25, 0.3) is 10.2 Å². The van der Waals surface area contributed by atoms with Crippen LogP contribution in [-0.2, 0) is 4.79 Å². The van der Waals surface area contributed by atoms with Gasteiger partial charge in [0.15, 0.2) is 5.13 Å². The molecule has 0 aliphatic carbocycles. The molecule has 0 unspecified atom stereocenters. The minimum absolute atomic E-state index is 0.0319. The average Bonchev–Trinajstić information content (AvgIpc) is 3.09. The van der Waals surface area contributed by atoms with E-state index in [1.54, 1.807) is 23.1 Å². The monoisotopic (exact) mass is 404 g/mol. The molecule has 6 heteroatoms. The molecule has 0 bridgehead atoms. The van der Waals surface area contributed by atoms with Gasteiger partial charge in [-0.2, -0.15) is 0 Å². The van der Waals surface area contributed by atoms with Gasteiger partial charge in [0.25, 0.3) is 0 Å². The van der Waals surface area contributed by atoms with Crippen LogP contribution in [0.5, 0.6) is 0 Å². The molecule has 1 aliphatic heterocycles. The molecule has 1 aliphatic rings. The van der Waals surface area contributed by atoms with Crippen LogP contribution in [0.2, 0.25) is 0 Å². The summed E-state index contributed by atoms with van der Waals surface area (Å²) in [5.41, 5.74) is 2.05. The summed E-state index contributed by atoms with van der Waals surface area (Å²) >= 11 is 6.76. The Morgan fingerprint density at radius 1 is 1.17 bits per heavy atom. The van der Waals surface area contributed by atoms with Crippen LogP contribution in [0.3, 0.4) is 0 Å². The first-order valence-electron chi connectivity index (χ1n) is 7.23. The second-order valence-electron chi connectivity index (χ2n) is 5.36. The van der Waals surface area contributed by atoms with Crippen LogP contribution in [0.1, 0.15) is 17.9 Å². The number of hydrogen-bond acceptors (Lipinski definition) is 4. The summed E-state index contributed by atoms with van der Waals surface area (Å²) in [4.78, 5) is 19.2. The number of benzene rings is 2. The van der Waals surface area contributed by atoms with Crippen LogP contribution >= 0.6 is 39.0 Å². The zero-order chi connectivity index (χ0) is 16.0. The maximum atomic E-state index is 12.7. The Kier molecular flexibility index (Phi) is 3.91. The second-order valence-corrected chi connectivity index (χ2v) is 8.71. The molecule has 3 aromatic rings. The van der Waals surface area contributed by atoms with Gasteiger partial charge >= 0.3 is 0 Å². The molecule has 1 aromatic heterocycles. The largest absolute Gasteiger partial charge is 0.273 e. The highest BCUT2D eigenvalue weighted by molar-refractivity contribution is 9.10. The quantitative estimate of drug-likeness (QED) is 0.586. The Balaban J connectivity index is 1.81. The Morgan fingerprint density at radius 3 is 2.78 bits per heavy atom. The summed E-state index contributed by atoms with van der Waals surface area (Å²) in [5.74, 6) is 0.124. The molecule has 3 nitrogen and oxygen atoms in total. The molecule has 4 rings (SSSR count). The van der Waals surface area contributed by atoms with Gasteiger partial charge in [-0.05, 0) is 36.8 Å². The Bertz CT molecular complexity index is 862. The van der Waals surface area contributed by atoms with E-state index in [1.165, 1.54) is 0 Å². The van der Waals surface area contributed by atoms with E-state index in [4.69, 9.17) is 0 Å². The number of para-hydroxylation sites is 1. The molecule has 1 amide bonds. The Hall–Kier alpha value is -1.37. The standard InChI is InChI=1S/C17H13BrN2OS2/c1-10-15(21)20(16(22-10)11-5-4-6-12(18)9-11)17-19-13-7-2-3-8-14(13)23-17/h2-10,16H,1H3/t10-,16-/m1/s1. The van der Waals surface area contributed by atoms with Gasteiger partial charge in [0.2, 0.25) is 5.91 Å². The predicted molar refractivity (Wildman–Crippen MR) is 101 cm³/mol. The van der Waals surface area contributed by atoms with E-state index in [1.807, 2.05) is 48.2 Å². The molecule has 2 heterocycles. The maximum absolute atomic E-state index is 12.7. The smallest absolute Gasteiger partial charge is 0.242 e. The first-order chi connectivity index (χ1) is 11.1. The minimum atomic E-state index is -0.0639. The highest BCUT2D eigenvalue weighted by Gasteiger charge is 2.41. The van der Waals surface area contributed by atoms with Crippen molar-refractivity contribution in [3.8, 4) is 0 Å². The lowest BCUT2D eigenvalue weighted by molar-refractivity contribution is -0.117. The summed E-state index contributed by atoms with van der Waals surface area (Å²) in [6, 6.07) is 16.1. The molecule has 0 spiro atoms. The van der Waals surface area contributed by atoms with Crippen molar-refractivity contribution in [1.82, 2.24) is 4.98 Å².